The molecule has 0 saturated heterocycles. The highest BCUT2D eigenvalue weighted by Crippen LogP contribution is 2.56. The lowest BCUT2D eigenvalue weighted by molar-refractivity contribution is 0.583. The number of nitrogens with zero attached hydrogens (tertiary/aromatic N) is 1. The van der Waals surface area contributed by atoms with Crippen LogP contribution in [0.2, 0.25) is 72.5 Å². The first-order valence-electron chi connectivity index (χ1n) is 32.7. The quantitative estimate of drug-likeness (QED) is 0.0316. The first-order valence-corrected chi connectivity index (χ1v) is 45.8. The van der Waals surface area contributed by atoms with Crippen molar-refractivity contribution in [3.63, 3.8) is 0 Å². The molecule has 1 nitrogen and oxygen atoms in total. The van der Waals surface area contributed by atoms with Crippen LogP contribution in [0, 0.1) is 0 Å². The Morgan fingerprint density at radius 3 is 0.776 bits per heavy atom. The Morgan fingerprint density at radius 2 is 0.539 bits per heavy atom. The zero-order valence-electron chi connectivity index (χ0n) is 52.4. The van der Waals surface area contributed by atoms with Crippen LogP contribution in [0.1, 0.15) is 213 Å². The normalized spacial score (nSPS) is 12.8. The summed E-state index contributed by atoms with van der Waals surface area (Å²) in [5.41, 5.74) is 0. The van der Waals surface area contributed by atoms with E-state index < -0.39 is 48.4 Å². The molecule has 0 atom stereocenters. The predicted molar refractivity (Wildman–Crippen MR) is 366 cm³/mol. The first-order chi connectivity index (χ1) is 36.9. The Hall–Kier alpha value is -1.43. The van der Waals surface area contributed by atoms with Crippen molar-refractivity contribution in [2.45, 2.75) is 291 Å². The number of benzene rings is 4. The highest BCUT2D eigenvalue weighted by molar-refractivity contribution is 7.84. The monoisotopic (exact) mass is 1140 g/mol. The summed E-state index contributed by atoms with van der Waals surface area (Å²) < 4.78 is 3.18. The lowest BCUT2D eigenvalue weighted by atomic mass is 10.3. The second kappa shape index (κ2) is 35.4. The molecule has 0 aliphatic heterocycles. The number of rotatable bonds is 41. The van der Waals surface area contributed by atoms with Crippen molar-refractivity contribution in [3.8, 4) is 0 Å². The van der Waals surface area contributed by atoms with Crippen LogP contribution in [0.3, 0.4) is 0 Å². The number of unbranched alkanes of at least 4 members (excludes halogenated alkanes) is 6. The molecule has 4 aromatic carbocycles. The van der Waals surface area contributed by atoms with Crippen LogP contribution in [0.5, 0.6) is 0 Å². The molecule has 0 heterocycles. The molecule has 0 radical (unpaired) electrons. The van der Waals surface area contributed by atoms with Gasteiger partial charge in [-0.1, -0.05) is 389 Å². The van der Waals surface area contributed by atoms with E-state index in [1.807, 2.05) is 0 Å². The Morgan fingerprint density at radius 1 is 0.289 bits per heavy atom. The minimum Gasteiger partial charge on any atom is -0.242 e. The average molecular weight is 1140 g/mol. The number of hydrogen-bond donors (Lipinski definition) is 0. The summed E-state index contributed by atoms with van der Waals surface area (Å²) in [4.78, 5) is 0. The Kier molecular flexibility index (Phi) is 31.3. The van der Waals surface area contributed by atoms with Gasteiger partial charge in [-0.05, 0) is 35.1 Å². The van der Waals surface area contributed by atoms with Crippen molar-refractivity contribution in [1.29, 1.82) is 0 Å². The molecule has 0 N–H and O–H groups in total. The molecule has 426 valence electrons. The Balaban J connectivity index is 2.22. The topological polar surface area (TPSA) is 3.24 Å². The van der Waals surface area contributed by atoms with Gasteiger partial charge in [0.2, 0.25) is 0 Å². The lowest BCUT2D eigenvalue weighted by Crippen LogP contribution is -2.49. The van der Waals surface area contributed by atoms with Crippen molar-refractivity contribution in [3.05, 3.63) is 97.1 Å². The predicted octanol–water partition coefficient (Wildman–Crippen LogP) is 19.7. The van der Waals surface area contributed by atoms with Crippen LogP contribution >= 0.6 is 16.1 Å². The van der Waals surface area contributed by atoms with E-state index >= 15 is 0 Å². The summed E-state index contributed by atoms with van der Waals surface area (Å²) in [6.07, 6.45) is 23.8. The zero-order valence-corrected chi connectivity index (χ0v) is 58.2. The van der Waals surface area contributed by atoms with Gasteiger partial charge in [0.15, 0.2) is 0 Å². The van der Waals surface area contributed by atoms with Crippen LogP contribution in [-0.4, -0.2) is 42.8 Å². The maximum atomic E-state index is 3.18. The van der Waals surface area contributed by atoms with E-state index in [0.717, 1.165) is 0 Å². The minimum atomic E-state index is -1.79. The summed E-state index contributed by atoms with van der Waals surface area (Å²) in [5.74, 6) is 0. The number of hydrogen-bond acceptors (Lipinski definition) is 1. The molecule has 0 aromatic heterocycles. The molecule has 0 unspecified atom stereocenters. The summed E-state index contributed by atoms with van der Waals surface area (Å²) in [7, 11) is -8.67. The smallest absolute Gasteiger partial charge is 0.0867 e. The maximum absolute atomic E-state index is 3.18. The van der Waals surface area contributed by atoms with Crippen molar-refractivity contribution in [1.82, 2.24) is 4.44 Å². The zero-order chi connectivity index (χ0) is 55.5. The second-order valence-electron chi connectivity index (χ2n) is 24.5. The van der Waals surface area contributed by atoms with Gasteiger partial charge >= 0.3 is 0 Å². The summed E-state index contributed by atoms with van der Waals surface area (Å²) in [5, 5.41) is 13.3. The molecular formula is C69H119NP2Si4. The van der Waals surface area contributed by atoms with E-state index in [-0.39, 0.29) is 0 Å². The summed E-state index contributed by atoms with van der Waals surface area (Å²) >= 11 is 0. The molecule has 0 aliphatic carbocycles. The van der Waals surface area contributed by atoms with E-state index in [1.54, 1.807) is 42.0 Å². The van der Waals surface area contributed by atoms with E-state index in [4.69, 9.17) is 0 Å². The fourth-order valence-corrected chi connectivity index (χ4v) is 42.8. The molecule has 76 heavy (non-hydrogen) atoms. The molecule has 0 saturated carbocycles. The van der Waals surface area contributed by atoms with Gasteiger partial charge in [0.05, 0.1) is 32.3 Å². The minimum absolute atomic E-state index is 0.343. The van der Waals surface area contributed by atoms with Gasteiger partial charge in [-0.3, -0.25) is 0 Å². The summed E-state index contributed by atoms with van der Waals surface area (Å²) in [6, 6.07) is 60.5. The van der Waals surface area contributed by atoms with Crippen molar-refractivity contribution in [2.75, 3.05) is 0 Å². The molecule has 0 aliphatic rings. The molecule has 0 amide bonds. The molecule has 7 heteroatoms. The first kappa shape index (κ1) is 67.1. The van der Waals surface area contributed by atoms with Crippen molar-refractivity contribution in [2.24, 2.45) is 0 Å². The van der Waals surface area contributed by atoms with Crippen LogP contribution in [0.4, 0.5) is 0 Å². The van der Waals surface area contributed by atoms with Gasteiger partial charge < -0.3 is 0 Å². The van der Waals surface area contributed by atoms with Crippen molar-refractivity contribution >= 4 is 90.4 Å². The standard InChI is InChI=1S/C69H119NP2Si4/c1-15-27-53-75(54-28-16-2,55-29-17-3)68-37-33-35-64(59-68)72(65-36-34-38-69(60-65)76(56-30-18-4,57-31-19-5)58-32-20-6)70(61(13)14)71(62-39-43-66(44-40-62)73(47-21-7,48-22-8)49-23-9)63-41-45-67(46-42-63)74(50-24-10,51-25-11)52-26-12/h33-46,59-61H,15-32,47-58H2,1-14H3. The lowest BCUT2D eigenvalue weighted by Gasteiger charge is -2.43. The van der Waals surface area contributed by atoms with Crippen LogP contribution < -0.4 is 42.0 Å². The van der Waals surface area contributed by atoms with Gasteiger partial charge in [-0.25, -0.2) is 4.44 Å². The molecular weight excluding hydrogens is 1020 g/mol. The SMILES string of the molecule is CCCC[Si](CCCC)(CCCC)c1cccc(P(c2cccc([Si](CCCC)(CCCC)CCCC)c2)N(C(C)C)P(c2ccc([Si](CCC)(CCC)CCC)cc2)c2ccc([Si](CCC)(CCC)CCC)cc2)c1. The highest BCUT2D eigenvalue weighted by Gasteiger charge is 2.40. The molecule has 4 rings (SSSR count). The van der Waals surface area contributed by atoms with Gasteiger partial charge in [-0.2, -0.15) is 0 Å². The van der Waals surface area contributed by atoms with Gasteiger partial charge in [-0.15, -0.1) is 0 Å². The van der Waals surface area contributed by atoms with Crippen molar-refractivity contribution < 1.29 is 0 Å². The van der Waals surface area contributed by atoms with Crippen LogP contribution in [0.25, 0.3) is 0 Å². The molecule has 0 spiro atoms. The van der Waals surface area contributed by atoms with E-state index in [9.17, 15) is 0 Å². The third kappa shape index (κ3) is 17.8. The van der Waals surface area contributed by atoms with Crippen LogP contribution in [0.15, 0.2) is 97.1 Å². The third-order valence-electron chi connectivity index (χ3n) is 18.2. The average Bonchev–Trinajstić information content (AvgIpc) is 3.43. The van der Waals surface area contributed by atoms with E-state index in [2.05, 4.69) is 198 Å². The van der Waals surface area contributed by atoms with Crippen LogP contribution in [-0.2, 0) is 0 Å². The highest BCUT2D eigenvalue weighted by atomic mass is 31.2. The molecule has 0 fully saturated rings. The van der Waals surface area contributed by atoms with Gasteiger partial charge in [0.25, 0.3) is 0 Å². The third-order valence-corrected chi connectivity index (χ3v) is 46.9. The Labute approximate surface area is 479 Å². The van der Waals surface area contributed by atoms with E-state index in [0.29, 0.717) is 6.04 Å². The van der Waals surface area contributed by atoms with Gasteiger partial charge in [0, 0.05) is 22.2 Å². The Bertz CT molecular complexity index is 1930. The largest absolute Gasteiger partial charge is 0.242 e. The molecule has 0 bridgehead atoms. The fourth-order valence-electron chi connectivity index (χ4n) is 14.4. The fraction of sp³-hybridized carbons (Fsp3) is 0.652. The second-order valence-corrected chi connectivity index (χ2v) is 47.5. The van der Waals surface area contributed by atoms with Gasteiger partial charge in [0.1, 0.15) is 0 Å². The maximum Gasteiger partial charge on any atom is 0.0867 e. The summed E-state index contributed by atoms with van der Waals surface area (Å²) in [6.45, 7) is 34.5. The molecule has 4 aromatic rings. The van der Waals surface area contributed by atoms with E-state index in [1.165, 1.54) is 188 Å².